The highest BCUT2D eigenvalue weighted by atomic mass is 35.5. The van der Waals surface area contributed by atoms with Crippen LogP contribution >= 0.6 is 11.6 Å². The van der Waals surface area contributed by atoms with E-state index in [4.69, 9.17) is 20.5 Å². The summed E-state index contributed by atoms with van der Waals surface area (Å²) in [6.45, 7) is 5.99. The van der Waals surface area contributed by atoms with Crippen molar-refractivity contribution in [2.24, 2.45) is 5.92 Å². The van der Waals surface area contributed by atoms with E-state index >= 15 is 0 Å². The van der Waals surface area contributed by atoms with Crippen molar-refractivity contribution in [1.29, 1.82) is 0 Å². The summed E-state index contributed by atoms with van der Waals surface area (Å²) < 4.78 is 52.8. The fourth-order valence-corrected chi connectivity index (χ4v) is 4.92. The molecule has 0 saturated carbocycles. The molecule has 1 atom stereocenters. The van der Waals surface area contributed by atoms with Gasteiger partial charge in [-0.2, -0.15) is 13.2 Å². The second-order valence-electron chi connectivity index (χ2n) is 9.31. The number of furan rings is 1. The van der Waals surface area contributed by atoms with Crippen LogP contribution in [0.4, 0.5) is 13.2 Å². The molecule has 1 aliphatic heterocycles. The lowest BCUT2D eigenvalue weighted by molar-refractivity contribution is -0.127. The molecule has 0 saturated heterocycles. The third-order valence-electron chi connectivity index (χ3n) is 6.75. The first-order chi connectivity index (χ1) is 18.1. The summed E-state index contributed by atoms with van der Waals surface area (Å²) in [6, 6.07) is 1.61. The van der Waals surface area contributed by atoms with E-state index in [2.05, 4.69) is 5.16 Å². The van der Waals surface area contributed by atoms with Crippen molar-refractivity contribution >= 4 is 28.7 Å². The van der Waals surface area contributed by atoms with Gasteiger partial charge in [0.15, 0.2) is 0 Å². The van der Waals surface area contributed by atoms with Crippen molar-refractivity contribution in [1.82, 2.24) is 10.1 Å². The minimum atomic E-state index is -4.61. The van der Waals surface area contributed by atoms with Gasteiger partial charge in [-0.15, -0.1) is 0 Å². The third-order valence-corrected chi connectivity index (χ3v) is 7.25. The molecule has 200 valence electrons. The Morgan fingerprint density at radius 2 is 2.05 bits per heavy atom. The van der Waals surface area contributed by atoms with E-state index in [1.807, 2.05) is 13.0 Å². The van der Waals surface area contributed by atoms with Gasteiger partial charge in [0.25, 0.3) is 5.91 Å². The van der Waals surface area contributed by atoms with Gasteiger partial charge in [0.05, 0.1) is 29.3 Å². The van der Waals surface area contributed by atoms with Gasteiger partial charge in [-0.25, -0.2) is 0 Å². The third kappa shape index (κ3) is 5.96. The number of allylic oxidation sites excluding steroid dienone is 9. The highest BCUT2D eigenvalue weighted by molar-refractivity contribution is 6.34. The second kappa shape index (κ2) is 11.5. The molecule has 2 aromatic rings. The van der Waals surface area contributed by atoms with Crippen LogP contribution in [-0.4, -0.2) is 35.2 Å². The van der Waals surface area contributed by atoms with Crippen molar-refractivity contribution < 1.29 is 26.9 Å². The smallest absolute Gasteiger partial charge is 0.416 e. The molecule has 5 nitrogen and oxygen atoms in total. The Kier molecular flexibility index (Phi) is 8.31. The molecule has 38 heavy (non-hydrogen) atoms. The summed E-state index contributed by atoms with van der Waals surface area (Å²) in [6.07, 6.45) is 9.87. The fourth-order valence-electron chi connectivity index (χ4n) is 4.59. The van der Waals surface area contributed by atoms with Crippen LogP contribution in [0.1, 0.15) is 44.7 Å². The van der Waals surface area contributed by atoms with Crippen LogP contribution in [-0.2, 0) is 4.79 Å². The molecule has 2 aliphatic rings. The Balaban J connectivity index is 1.65. The zero-order valence-corrected chi connectivity index (χ0v) is 22.1. The normalized spacial score (nSPS) is 20.0. The SMILES string of the molecule is CC=C(C=C(C1=CCC(C)C(C(=O)N2CC=C(c3cnoc3)CC2)=C(Cl)C(C)=C1)C(F)(F)F)c1ccoc1. The lowest BCUT2D eigenvalue weighted by Crippen LogP contribution is -2.37. The Hall–Kier alpha value is -3.52. The van der Waals surface area contributed by atoms with Crippen LogP contribution in [0.2, 0.25) is 0 Å². The number of carbonyl (C=O) groups excluding carboxylic acids is 1. The molecule has 1 aliphatic carbocycles. The van der Waals surface area contributed by atoms with Gasteiger partial charge >= 0.3 is 6.18 Å². The summed E-state index contributed by atoms with van der Waals surface area (Å²) in [5.74, 6) is -0.600. The number of hydrogen-bond donors (Lipinski definition) is 0. The van der Waals surface area contributed by atoms with Gasteiger partial charge < -0.3 is 13.8 Å². The molecule has 9 heteroatoms. The molecular weight excluding hydrogens is 517 g/mol. The molecule has 0 fully saturated rings. The van der Waals surface area contributed by atoms with Gasteiger partial charge in [-0.3, -0.25) is 4.79 Å². The van der Waals surface area contributed by atoms with Crippen LogP contribution in [0.3, 0.4) is 0 Å². The molecule has 0 N–H and O–H groups in total. The quantitative estimate of drug-likeness (QED) is 0.359. The van der Waals surface area contributed by atoms with Crippen molar-refractivity contribution in [3.63, 3.8) is 0 Å². The van der Waals surface area contributed by atoms with E-state index in [0.29, 0.717) is 41.8 Å². The maximum Gasteiger partial charge on any atom is 0.416 e. The van der Waals surface area contributed by atoms with Crippen molar-refractivity contribution in [2.75, 3.05) is 13.1 Å². The predicted octanol–water partition coefficient (Wildman–Crippen LogP) is 7.88. The number of hydrogen-bond acceptors (Lipinski definition) is 4. The van der Waals surface area contributed by atoms with Gasteiger partial charge in [-0.1, -0.05) is 48.0 Å². The molecular formula is C29H28ClF3N2O3. The molecule has 0 aromatic carbocycles. The molecule has 3 heterocycles. The lowest BCUT2D eigenvalue weighted by Gasteiger charge is -2.30. The number of alkyl halides is 3. The number of rotatable bonds is 5. The molecule has 1 amide bonds. The van der Waals surface area contributed by atoms with Gasteiger partial charge in [0.1, 0.15) is 6.26 Å². The Morgan fingerprint density at radius 1 is 1.26 bits per heavy atom. The first-order valence-electron chi connectivity index (χ1n) is 12.2. The van der Waals surface area contributed by atoms with Crippen molar-refractivity contribution in [3.05, 3.63) is 99.9 Å². The lowest BCUT2D eigenvalue weighted by atomic mass is 9.88. The van der Waals surface area contributed by atoms with Crippen molar-refractivity contribution in [3.8, 4) is 0 Å². The largest absolute Gasteiger partial charge is 0.472 e. The Labute approximate surface area is 224 Å². The Bertz CT molecular complexity index is 1360. The van der Waals surface area contributed by atoms with Crippen LogP contribution in [0.15, 0.2) is 97.7 Å². The van der Waals surface area contributed by atoms with Gasteiger partial charge in [0, 0.05) is 29.8 Å². The molecule has 0 bridgehead atoms. The first-order valence-corrected chi connectivity index (χ1v) is 12.6. The van der Waals surface area contributed by atoms with Crippen molar-refractivity contribution in [2.45, 2.75) is 39.8 Å². The molecule has 4 rings (SSSR count). The number of nitrogens with zero attached hydrogens (tertiary/aromatic N) is 2. The topological polar surface area (TPSA) is 59.5 Å². The monoisotopic (exact) mass is 544 g/mol. The Morgan fingerprint density at radius 3 is 2.63 bits per heavy atom. The summed E-state index contributed by atoms with van der Waals surface area (Å²) in [7, 11) is 0. The molecule has 0 spiro atoms. The number of carbonyl (C=O) groups is 1. The predicted molar refractivity (Wildman–Crippen MR) is 141 cm³/mol. The maximum atomic E-state index is 14.3. The molecule has 1 unspecified atom stereocenters. The van der Waals surface area contributed by atoms with Crippen LogP contribution in [0, 0.1) is 5.92 Å². The standard InChI is InChI=1S/C29H28ClF3N2O3/c1-4-20(23-9-12-37-16-23)14-25(29(31,32)33)22-6-5-18(2)26(27(30)19(3)13-22)28(36)35-10-7-21(8-11-35)24-15-34-38-17-24/h4,6-7,9,12-18H,5,8,10-11H2,1-3H3. The van der Waals surface area contributed by atoms with Gasteiger partial charge in [-0.05, 0) is 67.0 Å². The fraction of sp³-hybridized carbons (Fsp3) is 0.310. The second-order valence-corrected chi connectivity index (χ2v) is 9.68. The number of amides is 1. The highest BCUT2D eigenvalue weighted by Gasteiger charge is 2.37. The summed E-state index contributed by atoms with van der Waals surface area (Å²) >= 11 is 6.70. The zero-order chi connectivity index (χ0) is 27.4. The number of aromatic nitrogens is 1. The van der Waals surface area contributed by atoms with Crippen LogP contribution < -0.4 is 0 Å². The summed E-state index contributed by atoms with van der Waals surface area (Å²) in [5.41, 5.74) is 2.87. The average Bonchev–Trinajstić information content (AvgIpc) is 3.61. The summed E-state index contributed by atoms with van der Waals surface area (Å²) in [4.78, 5) is 15.2. The maximum absolute atomic E-state index is 14.3. The van der Waals surface area contributed by atoms with E-state index in [0.717, 1.165) is 17.2 Å². The first kappa shape index (κ1) is 27.5. The van der Waals surface area contributed by atoms with E-state index in [1.165, 1.54) is 24.7 Å². The molecule has 0 radical (unpaired) electrons. The van der Waals surface area contributed by atoms with E-state index in [-0.39, 0.29) is 28.9 Å². The number of halogens is 4. The summed E-state index contributed by atoms with van der Waals surface area (Å²) in [5, 5.41) is 3.91. The minimum absolute atomic E-state index is 0.00798. The van der Waals surface area contributed by atoms with Gasteiger partial charge in [0.2, 0.25) is 0 Å². The zero-order valence-electron chi connectivity index (χ0n) is 21.3. The van der Waals surface area contributed by atoms with Crippen LogP contribution in [0.5, 0.6) is 0 Å². The minimum Gasteiger partial charge on any atom is -0.472 e. The average molecular weight is 545 g/mol. The van der Waals surface area contributed by atoms with Crippen LogP contribution in [0.25, 0.3) is 11.1 Å². The highest BCUT2D eigenvalue weighted by Crippen LogP contribution is 2.39. The molecule has 2 aromatic heterocycles. The van der Waals surface area contributed by atoms with E-state index in [9.17, 15) is 18.0 Å². The van der Waals surface area contributed by atoms with E-state index < -0.39 is 11.7 Å². The van der Waals surface area contributed by atoms with E-state index in [1.54, 1.807) is 43.3 Å².